The predicted molar refractivity (Wildman–Crippen MR) is 68.9 cm³/mol. The van der Waals surface area contributed by atoms with E-state index in [1.807, 2.05) is 37.3 Å². The van der Waals surface area contributed by atoms with Gasteiger partial charge in [-0.1, -0.05) is 23.4 Å². The van der Waals surface area contributed by atoms with Crippen LogP contribution in [0.1, 0.15) is 18.2 Å². The van der Waals surface area contributed by atoms with E-state index >= 15 is 0 Å². The van der Waals surface area contributed by atoms with Crippen LogP contribution in [0.3, 0.4) is 0 Å². The third-order valence-corrected chi connectivity index (χ3v) is 2.58. The highest BCUT2D eigenvalue weighted by Gasteiger charge is 2.15. The summed E-state index contributed by atoms with van der Waals surface area (Å²) >= 11 is 0. The minimum absolute atomic E-state index is 0.0883. The Bertz CT molecular complexity index is 573. The Kier molecular flexibility index (Phi) is 3.32. The number of aryl methyl sites for hydroxylation is 2. The Morgan fingerprint density at radius 3 is 2.56 bits per heavy atom. The maximum Gasteiger partial charge on any atom is 0.218 e. The van der Waals surface area contributed by atoms with Crippen molar-refractivity contribution in [2.75, 3.05) is 0 Å². The molecule has 0 fully saturated rings. The highest BCUT2D eigenvalue weighted by atomic mass is 16.6. The van der Waals surface area contributed by atoms with Crippen LogP contribution in [0.4, 0.5) is 0 Å². The zero-order valence-corrected chi connectivity index (χ0v) is 10.6. The molecule has 0 spiro atoms. The van der Waals surface area contributed by atoms with Crippen molar-refractivity contribution >= 4 is 5.71 Å². The Hall–Kier alpha value is -2.30. The van der Waals surface area contributed by atoms with Crippen molar-refractivity contribution in [2.24, 2.45) is 12.2 Å². The smallest absolute Gasteiger partial charge is 0.218 e. The first-order chi connectivity index (χ1) is 8.59. The fourth-order valence-corrected chi connectivity index (χ4v) is 1.72. The van der Waals surface area contributed by atoms with Crippen molar-refractivity contribution in [1.82, 2.24) is 9.78 Å². The molecule has 1 aromatic heterocycles. The normalized spacial score (nSPS) is 11.6. The molecule has 1 heterocycles. The molecule has 0 aliphatic rings. The van der Waals surface area contributed by atoms with Gasteiger partial charge in [-0.25, -0.2) is 4.68 Å². The molecule has 0 bridgehead atoms. The zero-order valence-electron chi connectivity index (χ0n) is 10.6. The van der Waals surface area contributed by atoms with Crippen LogP contribution in [0.25, 0.3) is 0 Å². The maximum atomic E-state index is 9.85. The number of nitrogens with zero attached hydrogens (tertiary/aromatic N) is 3. The van der Waals surface area contributed by atoms with Crippen molar-refractivity contribution in [3.05, 3.63) is 41.6 Å². The predicted octanol–water partition coefficient (Wildman–Crippen LogP) is 2.24. The third kappa shape index (κ3) is 2.34. The number of oxime groups is 1. The van der Waals surface area contributed by atoms with Crippen LogP contribution >= 0.6 is 0 Å². The fraction of sp³-hybridized carbons (Fsp3) is 0.231. The number of rotatable bonds is 3. The average molecular weight is 245 g/mol. The van der Waals surface area contributed by atoms with Gasteiger partial charge in [0.25, 0.3) is 0 Å². The molecule has 5 heteroatoms. The number of aromatic hydroxyl groups is 1. The molecule has 1 aromatic carbocycles. The fourth-order valence-electron chi connectivity index (χ4n) is 1.72. The van der Waals surface area contributed by atoms with Crippen molar-refractivity contribution in [3.63, 3.8) is 0 Å². The molecular weight excluding hydrogens is 230 g/mol. The standard InChI is InChI=1S/C13H15N3O2/c1-9-12(13(17)16(3)14-9)10(2)15-18-11-7-5-4-6-8-11/h4-8,17H,1-3H3/b15-10-. The molecule has 0 saturated heterocycles. The largest absolute Gasteiger partial charge is 0.493 e. The van der Waals surface area contributed by atoms with Crippen LogP contribution in [0.2, 0.25) is 0 Å². The molecular formula is C13H15N3O2. The second-order valence-electron chi connectivity index (χ2n) is 3.99. The zero-order chi connectivity index (χ0) is 13.1. The van der Waals surface area contributed by atoms with Gasteiger partial charge in [0.1, 0.15) is 0 Å². The van der Waals surface area contributed by atoms with Crippen LogP contribution in [-0.4, -0.2) is 20.6 Å². The summed E-state index contributed by atoms with van der Waals surface area (Å²) < 4.78 is 1.41. The van der Waals surface area contributed by atoms with Crippen LogP contribution in [0, 0.1) is 6.92 Å². The number of hydrogen-bond donors (Lipinski definition) is 1. The Morgan fingerprint density at radius 1 is 1.33 bits per heavy atom. The second-order valence-corrected chi connectivity index (χ2v) is 3.99. The monoisotopic (exact) mass is 245 g/mol. The molecule has 18 heavy (non-hydrogen) atoms. The van der Waals surface area contributed by atoms with Gasteiger partial charge in [-0.2, -0.15) is 5.10 Å². The molecule has 0 atom stereocenters. The summed E-state index contributed by atoms with van der Waals surface area (Å²) in [5.41, 5.74) is 1.91. The highest BCUT2D eigenvalue weighted by Crippen LogP contribution is 2.20. The number of para-hydroxylation sites is 1. The van der Waals surface area contributed by atoms with E-state index < -0.39 is 0 Å². The average Bonchev–Trinajstić information content (AvgIpc) is 2.62. The van der Waals surface area contributed by atoms with E-state index in [0.29, 0.717) is 22.7 Å². The molecule has 0 saturated carbocycles. The summed E-state index contributed by atoms with van der Waals surface area (Å²) in [4.78, 5) is 5.28. The minimum atomic E-state index is 0.0883. The maximum absolute atomic E-state index is 9.85. The number of aromatic nitrogens is 2. The first kappa shape index (κ1) is 12.2. The van der Waals surface area contributed by atoms with Gasteiger partial charge in [0.05, 0.1) is 17.0 Å². The Morgan fingerprint density at radius 2 is 2.00 bits per heavy atom. The van der Waals surface area contributed by atoms with E-state index in [1.54, 1.807) is 14.0 Å². The van der Waals surface area contributed by atoms with Crippen LogP contribution in [-0.2, 0) is 7.05 Å². The molecule has 2 rings (SSSR count). The van der Waals surface area contributed by atoms with E-state index in [2.05, 4.69) is 10.3 Å². The first-order valence-electron chi connectivity index (χ1n) is 5.59. The summed E-state index contributed by atoms with van der Waals surface area (Å²) in [5.74, 6) is 0.739. The summed E-state index contributed by atoms with van der Waals surface area (Å²) in [6.07, 6.45) is 0. The van der Waals surface area contributed by atoms with Gasteiger partial charge in [-0.3, -0.25) is 0 Å². The van der Waals surface area contributed by atoms with Crippen LogP contribution in [0.15, 0.2) is 35.5 Å². The van der Waals surface area contributed by atoms with Gasteiger partial charge in [-0.15, -0.1) is 0 Å². The summed E-state index contributed by atoms with van der Waals surface area (Å²) in [7, 11) is 1.68. The van der Waals surface area contributed by atoms with Gasteiger partial charge in [-0.05, 0) is 26.0 Å². The number of benzene rings is 1. The SMILES string of the molecule is C/C(=N/Oc1ccccc1)c1c(C)nn(C)c1O. The first-order valence-corrected chi connectivity index (χ1v) is 5.59. The topological polar surface area (TPSA) is 59.6 Å². The quantitative estimate of drug-likeness (QED) is 0.666. The van der Waals surface area contributed by atoms with Crippen molar-refractivity contribution in [3.8, 4) is 11.6 Å². The molecule has 0 radical (unpaired) electrons. The van der Waals surface area contributed by atoms with Gasteiger partial charge >= 0.3 is 0 Å². The molecule has 2 aromatic rings. The lowest BCUT2D eigenvalue weighted by Gasteiger charge is -2.01. The molecule has 5 nitrogen and oxygen atoms in total. The number of hydrogen-bond acceptors (Lipinski definition) is 4. The molecule has 0 unspecified atom stereocenters. The molecule has 0 aliphatic heterocycles. The summed E-state index contributed by atoms with van der Waals surface area (Å²) in [6.45, 7) is 3.59. The third-order valence-electron chi connectivity index (χ3n) is 2.58. The van der Waals surface area contributed by atoms with Gasteiger partial charge in [0, 0.05) is 7.05 Å². The van der Waals surface area contributed by atoms with E-state index in [9.17, 15) is 5.11 Å². The van der Waals surface area contributed by atoms with E-state index in [0.717, 1.165) is 0 Å². The molecule has 94 valence electrons. The molecule has 0 aliphatic carbocycles. The van der Waals surface area contributed by atoms with Gasteiger partial charge in [0.2, 0.25) is 5.88 Å². The Balaban J connectivity index is 2.23. The lowest BCUT2D eigenvalue weighted by molar-refractivity contribution is 0.341. The lowest BCUT2D eigenvalue weighted by Crippen LogP contribution is -1.99. The van der Waals surface area contributed by atoms with E-state index in [-0.39, 0.29) is 5.88 Å². The van der Waals surface area contributed by atoms with Crippen molar-refractivity contribution in [2.45, 2.75) is 13.8 Å². The van der Waals surface area contributed by atoms with Gasteiger partial charge in [0.15, 0.2) is 5.75 Å². The summed E-state index contributed by atoms with van der Waals surface area (Å²) in [6, 6.07) is 9.26. The molecule has 1 N–H and O–H groups in total. The van der Waals surface area contributed by atoms with Crippen LogP contribution in [0.5, 0.6) is 11.6 Å². The van der Waals surface area contributed by atoms with E-state index in [1.165, 1.54) is 4.68 Å². The second kappa shape index (κ2) is 4.91. The highest BCUT2D eigenvalue weighted by molar-refractivity contribution is 6.01. The lowest BCUT2D eigenvalue weighted by atomic mass is 10.2. The minimum Gasteiger partial charge on any atom is -0.493 e. The summed E-state index contributed by atoms with van der Waals surface area (Å²) in [5, 5.41) is 18.0. The van der Waals surface area contributed by atoms with Gasteiger partial charge < -0.3 is 9.94 Å². The Labute approximate surface area is 105 Å². The van der Waals surface area contributed by atoms with Crippen LogP contribution < -0.4 is 4.84 Å². The van der Waals surface area contributed by atoms with Crippen molar-refractivity contribution < 1.29 is 9.94 Å². The van der Waals surface area contributed by atoms with Crippen molar-refractivity contribution in [1.29, 1.82) is 0 Å². The van der Waals surface area contributed by atoms with E-state index in [4.69, 9.17) is 4.84 Å². The molecule has 0 amide bonds.